The Balaban J connectivity index is 0.000000142. The molecule has 2 unspecified atom stereocenters. The molecule has 5 saturated heterocycles. The van der Waals surface area contributed by atoms with Crippen LogP contribution in [0.4, 0.5) is 0 Å². The third kappa shape index (κ3) is 3.63. The molecule has 2 aromatic carbocycles. The van der Waals surface area contributed by atoms with Crippen molar-refractivity contribution in [3.8, 4) is 0 Å². The first-order valence-electron chi connectivity index (χ1n) is 10.6. The Labute approximate surface area is 167 Å². The summed E-state index contributed by atoms with van der Waals surface area (Å²) < 4.78 is 12.2. The topological polar surface area (TPSA) is 29.4 Å². The predicted octanol–water partition coefficient (Wildman–Crippen LogP) is -0.315. The molecule has 2 atom stereocenters. The van der Waals surface area contributed by atoms with Gasteiger partial charge in [-0.2, -0.15) is 0 Å². The molecule has 5 aliphatic rings. The molecule has 0 aliphatic carbocycles. The van der Waals surface area contributed by atoms with E-state index in [4.69, 9.17) is 9.31 Å². The molecule has 0 saturated carbocycles. The second-order valence-corrected chi connectivity index (χ2v) is 8.61. The van der Waals surface area contributed by atoms with Crippen LogP contribution in [-0.2, 0) is 9.31 Å². The Bertz CT molecular complexity index is 670. The smallest absolute Gasteiger partial charge is 0.298 e. The number of hydrogen-bond acceptors (Lipinski definition) is 4. The molecular formula is C22H30BN3O2. The van der Waals surface area contributed by atoms with E-state index < -0.39 is 6.55 Å². The van der Waals surface area contributed by atoms with Gasteiger partial charge in [-0.15, -0.1) is 10.9 Å². The lowest BCUT2D eigenvalue weighted by Crippen LogP contribution is -3.20. The average Bonchev–Trinajstić information content (AvgIpc) is 2.75. The van der Waals surface area contributed by atoms with Gasteiger partial charge in [-0.25, -0.2) is 9.80 Å². The molecule has 2 aromatic rings. The molecule has 0 amide bonds. The van der Waals surface area contributed by atoms with Crippen LogP contribution in [0.15, 0.2) is 60.7 Å². The lowest BCUT2D eigenvalue weighted by atomic mass is 9.46. The standard InChI is InChI=1S/C15H16BO2.C7H13N3/c1-3-8-14(9-4-1)16(17-12-7-13-18-16)15-10-5-2-6-11-15;1-7-2-9-4-8(1)5-10(3-7)6-9/h1-6,8-11H,7,12-13H2;7H,1-6H2/q-1;/p+1. The molecule has 7 rings (SSSR count). The van der Waals surface area contributed by atoms with E-state index in [0.29, 0.717) is 0 Å². The minimum absolute atomic E-state index is 0.754. The fourth-order valence-corrected chi connectivity index (χ4v) is 5.36. The van der Waals surface area contributed by atoms with Crippen molar-refractivity contribution in [3.63, 3.8) is 0 Å². The highest BCUT2D eigenvalue weighted by atomic mass is 16.6. The minimum atomic E-state index is -1.50. The van der Waals surface area contributed by atoms with Crippen LogP contribution in [0.1, 0.15) is 6.42 Å². The van der Waals surface area contributed by atoms with E-state index in [-0.39, 0.29) is 0 Å². The van der Waals surface area contributed by atoms with Gasteiger partial charge in [0.25, 0.3) is 6.55 Å². The van der Waals surface area contributed by atoms with Gasteiger partial charge in [0.15, 0.2) is 0 Å². The first-order valence-corrected chi connectivity index (χ1v) is 10.6. The van der Waals surface area contributed by atoms with Crippen molar-refractivity contribution >= 4 is 17.5 Å². The largest absolute Gasteiger partial charge is 0.561 e. The molecule has 5 aliphatic heterocycles. The second-order valence-electron chi connectivity index (χ2n) is 8.61. The van der Waals surface area contributed by atoms with E-state index in [9.17, 15) is 0 Å². The molecule has 6 heteroatoms. The zero-order chi connectivity index (χ0) is 18.8. The Morgan fingerprint density at radius 1 is 0.786 bits per heavy atom. The van der Waals surface area contributed by atoms with Crippen molar-refractivity contribution in [1.29, 1.82) is 0 Å². The predicted molar refractivity (Wildman–Crippen MR) is 112 cm³/mol. The van der Waals surface area contributed by atoms with Crippen LogP contribution in [0.2, 0.25) is 0 Å². The fourth-order valence-electron chi connectivity index (χ4n) is 5.36. The lowest BCUT2D eigenvalue weighted by molar-refractivity contribution is -0.947. The molecule has 148 valence electrons. The van der Waals surface area contributed by atoms with Crippen molar-refractivity contribution in [1.82, 2.24) is 9.80 Å². The van der Waals surface area contributed by atoms with E-state index in [0.717, 1.165) is 36.5 Å². The van der Waals surface area contributed by atoms with E-state index in [1.807, 2.05) is 36.4 Å². The highest BCUT2D eigenvalue weighted by molar-refractivity contribution is 6.92. The highest BCUT2D eigenvalue weighted by Crippen LogP contribution is 2.15. The Hall–Kier alpha value is -1.70. The first-order chi connectivity index (χ1) is 13.8. The fraction of sp³-hybridized carbons (Fsp3) is 0.455. The molecule has 1 N–H and O–H groups in total. The summed E-state index contributed by atoms with van der Waals surface area (Å²) in [7, 11) is 0. The minimum Gasteiger partial charge on any atom is -0.561 e. The Morgan fingerprint density at radius 2 is 1.32 bits per heavy atom. The number of quaternary nitrogens is 1. The van der Waals surface area contributed by atoms with Gasteiger partial charge in [0.05, 0.1) is 13.2 Å². The van der Waals surface area contributed by atoms with Crippen LogP contribution < -0.4 is 15.8 Å². The molecule has 5 fully saturated rings. The Kier molecular flexibility index (Phi) is 5.22. The number of nitrogens with one attached hydrogen (secondary N) is 1. The first kappa shape index (κ1) is 18.3. The van der Waals surface area contributed by atoms with Crippen LogP contribution in [0.3, 0.4) is 0 Å². The molecule has 0 aromatic heterocycles. The second kappa shape index (κ2) is 7.97. The monoisotopic (exact) mass is 379 g/mol. The van der Waals surface area contributed by atoms with Crippen molar-refractivity contribution in [2.75, 3.05) is 52.9 Å². The van der Waals surface area contributed by atoms with Crippen molar-refractivity contribution in [3.05, 3.63) is 60.7 Å². The van der Waals surface area contributed by atoms with E-state index in [1.165, 1.54) is 39.6 Å². The van der Waals surface area contributed by atoms with Crippen molar-refractivity contribution in [2.45, 2.75) is 6.42 Å². The summed E-state index contributed by atoms with van der Waals surface area (Å²) in [6.45, 7) is 8.07. The average molecular weight is 379 g/mol. The van der Waals surface area contributed by atoms with Gasteiger partial charge in [0.1, 0.15) is 13.3 Å². The normalized spacial score (nSPS) is 32.4. The SMILES string of the molecule is C1C2CN3CN1C[NH+](C2)C3.c1ccc([B-]2(c3ccccc3)OCCCO2)cc1. The van der Waals surface area contributed by atoms with E-state index in [1.54, 1.807) is 4.90 Å². The summed E-state index contributed by atoms with van der Waals surface area (Å²) in [4.78, 5) is 6.95. The van der Waals surface area contributed by atoms with Crippen molar-refractivity contribution < 1.29 is 14.2 Å². The summed E-state index contributed by atoms with van der Waals surface area (Å²) in [5.74, 6) is 0.992. The molecular weight excluding hydrogens is 349 g/mol. The third-order valence-electron chi connectivity index (χ3n) is 6.38. The van der Waals surface area contributed by atoms with Gasteiger partial charge in [-0.1, -0.05) is 60.7 Å². The maximum Gasteiger partial charge on any atom is 0.298 e. The molecule has 0 spiro atoms. The van der Waals surface area contributed by atoms with Crippen molar-refractivity contribution in [2.24, 2.45) is 5.92 Å². The Morgan fingerprint density at radius 3 is 1.79 bits per heavy atom. The van der Waals surface area contributed by atoms with Gasteiger partial charge in [0, 0.05) is 32.2 Å². The van der Waals surface area contributed by atoms with Crippen LogP contribution in [0, 0.1) is 5.92 Å². The lowest BCUT2D eigenvalue weighted by Gasteiger charge is -2.51. The zero-order valence-electron chi connectivity index (χ0n) is 16.5. The molecule has 4 bridgehead atoms. The number of rotatable bonds is 2. The summed E-state index contributed by atoms with van der Waals surface area (Å²) in [6, 6.07) is 20.5. The number of hydrogen-bond donors (Lipinski definition) is 1. The van der Waals surface area contributed by atoms with Gasteiger partial charge >= 0.3 is 0 Å². The van der Waals surface area contributed by atoms with Crippen LogP contribution in [0.5, 0.6) is 0 Å². The molecule has 28 heavy (non-hydrogen) atoms. The summed E-state index contributed by atoms with van der Waals surface area (Å²) >= 11 is 0. The highest BCUT2D eigenvalue weighted by Gasteiger charge is 2.41. The maximum absolute atomic E-state index is 6.08. The molecule has 5 nitrogen and oxygen atoms in total. The molecule has 5 heterocycles. The summed E-state index contributed by atoms with van der Waals surface area (Å²) in [5, 5.41) is 0. The van der Waals surface area contributed by atoms with Crippen LogP contribution in [0.25, 0.3) is 0 Å². The zero-order valence-corrected chi connectivity index (χ0v) is 16.5. The molecule has 0 radical (unpaired) electrons. The van der Waals surface area contributed by atoms with E-state index >= 15 is 0 Å². The quantitative estimate of drug-likeness (QED) is 0.725. The van der Waals surface area contributed by atoms with Gasteiger partial charge in [-0.05, 0) is 6.42 Å². The number of nitrogens with zero attached hydrogens (tertiary/aromatic N) is 2. The van der Waals surface area contributed by atoms with Gasteiger partial charge in [0.2, 0.25) is 0 Å². The van der Waals surface area contributed by atoms with Crippen LogP contribution in [-0.4, -0.2) is 69.2 Å². The third-order valence-corrected chi connectivity index (χ3v) is 6.38. The van der Waals surface area contributed by atoms with E-state index in [2.05, 4.69) is 34.1 Å². The number of benzene rings is 2. The van der Waals surface area contributed by atoms with Crippen LogP contribution >= 0.6 is 0 Å². The maximum atomic E-state index is 6.08. The van der Waals surface area contributed by atoms with Gasteiger partial charge < -0.3 is 14.2 Å². The van der Waals surface area contributed by atoms with Gasteiger partial charge in [-0.3, -0.25) is 0 Å². The summed E-state index contributed by atoms with van der Waals surface area (Å²) in [5.41, 5.74) is 2.23. The summed E-state index contributed by atoms with van der Waals surface area (Å²) in [6.07, 6.45) is 0.961.